The minimum absolute atomic E-state index is 0.0104. The Hall–Kier alpha value is -3.47. The molecule has 2 heterocycles. The van der Waals surface area contributed by atoms with E-state index in [0.717, 1.165) is 21.6 Å². The molecule has 11 heteroatoms. The highest BCUT2D eigenvalue weighted by Gasteiger charge is 2.35. The van der Waals surface area contributed by atoms with E-state index in [9.17, 15) is 22.8 Å². The van der Waals surface area contributed by atoms with E-state index < -0.39 is 17.8 Å². The van der Waals surface area contributed by atoms with Crippen molar-refractivity contribution in [2.45, 2.75) is 12.7 Å². The van der Waals surface area contributed by atoms with Crippen molar-refractivity contribution in [3.8, 4) is 5.69 Å². The van der Waals surface area contributed by atoms with Crippen LogP contribution in [0, 0.1) is 0 Å². The lowest BCUT2D eigenvalue weighted by molar-refractivity contribution is -0.142. The Balaban J connectivity index is 1.76. The Morgan fingerprint density at radius 1 is 1.14 bits per heavy atom. The summed E-state index contributed by atoms with van der Waals surface area (Å²) < 4.78 is 45.7. The van der Waals surface area contributed by atoms with Gasteiger partial charge in [0.15, 0.2) is 0 Å². The maximum absolute atomic E-state index is 13.0. The number of carbonyl (C=O) groups is 1. The highest BCUT2D eigenvalue weighted by molar-refractivity contribution is 6.02. The monoisotopic (exact) mass is 407 g/mol. The second-order valence-electron chi connectivity index (χ2n) is 5.90. The van der Waals surface area contributed by atoms with Gasteiger partial charge in [-0.05, 0) is 36.4 Å². The quantitative estimate of drug-likeness (QED) is 0.677. The molecule has 0 atom stereocenters. The van der Waals surface area contributed by atoms with Gasteiger partial charge in [0.25, 0.3) is 11.5 Å². The van der Waals surface area contributed by atoms with E-state index in [0.29, 0.717) is 5.69 Å². The van der Waals surface area contributed by atoms with Gasteiger partial charge < -0.3 is 10.1 Å². The highest BCUT2D eigenvalue weighted by Crippen LogP contribution is 2.30. The van der Waals surface area contributed by atoms with E-state index in [-0.39, 0.29) is 30.1 Å². The molecule has 0 aliphatic heterocycles. The van der Waals surface area contributed by atoms with Crippen molar-refractivity contribution in [3.63, 3.8) is 0 Å². The summed E-state index contributed by atoms with van der Waals surface area (Å²) >= 11 is 0. The molecule has 1 N–H and O–H groups in total. The molecule has 3 aromatic rings. The van der Waals surface area contributed by atoms with E-state index in [1.807, 2.05) is 0 Å². The zero-order valence-corrected chi connectivity index (χ0v) is 15.2. The molecule has 0 bridgehead atoms. The van der Waals surface area contributed by atoms with Crippen molar-refractivity contribution >= 4 is 11.6 Å². The fraction of sp³-hybridized carbons (Fsp3) is 0.222. The SMILES string of the molecule is COCCn1nc(C(=O)Nc2ccc(-n3nccc3C(F)(F)F)cc2)ccc1=O. The van der Waals surface area contributed by atoms with Gasteiger partial charge in [0.2, 0.25) is 0 Å². The number of methoxy groups -OCH3 is 1. The smallest absolute Gasteiger partial charge is 0.383 e. The number of hydrogen-bond donors (Lipinski definition) is 1. The van der Waals surface area contributed by atoms with Crippen LogP contribution in [0.4, 0.5) is 18.9 Å². The van der Waals surface area contributed by atoms with E-state index in [1.54, 1.807) is 0 Å². The number of ether oxygens (including phenoxy) is 1. The topological polar surface area (TPSA) is 91.0 Å². The minimum atomic E-state index is -4.54. The number of anilines is 1. The van der Waals surface area contributed by atoms with Crippen molar-refractivity contribution in [3.05, 3.63) is 70.4 Å². The first-order valence-corrected chi connectivity index (χ1v) is 8.40. The molecule has 2 aromatic heterocycles. The fourth-order valence-corrected chi connectivity index (χ4v) is 2.51. The van der Waals surface area contributed by atoms with Crippen LogP contribution in [0.5, 0.6) is 0 Å². The predicted molar refractivity (Wildman–Crippen MR) is 96.9 cm³/mol. The molecule has 0 aliphatic carbocycles. The molecule has 0 aliphatic rings. The number of halogens is 3. The normalized spacial score (nSPS) is 11.4. The van der Waals surface area contributed by atoms with E-state index in [4.69, 9.17) is 4.74 Å². The fourth-order valence-electron chi connectivity index (χ4n) is 2.51. The van der Waals surface area contributed by atoms with E-state index in [2.05, 4.69) is 15.5 Å². The zero-order valence-electron chi connectivity index (χ0n) is 15.2. The minimum Gasteiger partial charge on any atom is -0.383 e. The molecule has 0 saturated carbocycles. The molecule has 3 rings (SSSR count). The Morgan fingerprint density at radius 2 is 1.86 bits per heavy atom. The van der Waals surface area contributed by atoms with Crippen LogP contribution in [0.1, 0.15) is 16.2 Å². The summed E-state index contributed by atoms with van der Waals surface area (Å²) in [7, 11) is 1.48. The first kappa shape index (κ1) is 20.3. The summed E-state index contributed by atoms with van der Waals surface area (Å²) in [5.74, 6) is -0.570. The third-order valence-corrected chi connectivity index (χ3v) is 3.91. The van der Waals surface area contributed by atoms with Crippen LogP contribution in [0.2, 0.25) is 0 Å². The van der Waals surface area contributed by atoms with Gasteiger partial charge in [-0.3, -0.25) is 9.59 Å². The number of aromatic nitrogens is 4. The third-order valence-electron chi connectivity index (χ3n) is 3.91. The van der Waals surface area contributed by atoms with Crippen LogP contribution in [-0.4, -0.2) is 39.2 Å². The standard InChI is InChI=1S/C18H16F3N5O3/c1-29-11-10-25-16(27)7-6-14(24-25)17(28)23-12-2-4-13(5-3-12)26-15(8-9-22-26)18(19,20)21/h2-9H,10-11H2,1H3,(H,23,28). The van der Waals surface area contributed by atoms with Crippen molar-refractivity contribution < 1.29 is 22.7 Å². The molecule has 1 amide bonds. The maximum atomic E-state index is 13.0. The van der Waals surface area contributed by atoms with Crippen molar-refractivity contribution in [2.75, 3.05) is 19.0 Å². The number of nitrogens with one attached hydrogen (secondary N) is 1. The van der Waals surface area contributed by atoms with Crippen LogP contribution in [-0.2, 0) is 17.5 Å². The summed E-state index contributed by atoms with van der Waals surface area (Å²) in [6, 6.07) is 9.05. The molecule has 0 fully saturated rings. The third kappa shape index (κ3) is 4.69. The number of nitrogens with zero attached hydrogens (tertiary/aromatic N) is 4. The molecule has 29 heavy (non-hydrogen) atoms. The van der Waals surface area contributed by atoms with Gasteiger partial charge in [-0.15, -0.1) is 0 Å². The van der Waals surface area contributed by atoms with Crippen LogP contribution >= 0.6 is 0 Å². The molecule has 0 spiro atoms. The van der Waals surface area contributed by atoms with Gasteiger partial charge in [0, 0.05) is 18.9 Å². The number of alkyl halides is 3. The van der Waals surface area contributed by atoms with Crippen LogP contribution in [0.15, 0.2) is 53.5 Å². The molecule has 8 nitrogen and oxygen atoms in total. The number of hydrogen-bond acceptors (Lipinski definition) is 5. The van der Waals surface area contributed by atoms with Crippen molar-refractivity contribution in [2.24, 2.45) is 0 Å². The molecule has 1 aromatic carbocycles. The first-order valence-electron chi connectivity index (χ1n) is 8.40. The lowest BCUT2D eigenvalue weighted by Gasteiger charge is -2.11. The average molecular weight is 407 g/mol. The van der Waals surface area contributed by atoms with E-state index in [1.165, 1.54) is 43.5 Å². The molecule has 152 valence electrons. The predicted octanol–water partition coefficient (Wildman–Crippen LogP) is 2.35. The Labute approximate surface area is 162 Å². The van der Waals surface area contributed by atoms with Crippen LogP contribution < -0.4 is 10.9 Å². The summed E-state index contributed by atoms with van der Waals surface area (Å²) in [6.45, 7) is 0.448. The lowest BCUT2D eigenvalue weighted by Crippen LogP contribution is -2.27. The van der Waals surface area contributed by atoms with Gasteiger partial charge in [-0.1, -0.05) is 0 Å². The van der Waals surface area contributed by atoms with Crippen LogP contribution in [0.3, 0.4) is 0 Å². The number of benzene rings is 1. The van der Waals surface area contributed by atoms with Gasteiger partial charge in [0.1, 0.15) is 11.4 Å². The van der Waals surface area contributed by atoms with E-state index >= 15 is 0 Å². The summed E-state index contributed by atoms with van der Waals surface area (Å²) in [6.07, 6.45) is -3.48. The molecular weight excluding hydrogens is 391 g/mol. The summed E-state index contributed by atoms with van der Waals surface area (Å²) in [5.41, 5.74) is -0.738. The number of carbonyl (C=O) groups excluding carboxylic acids is 1. The Kier molecular flexibility index (Phi) is 5.78. The molecule has 0 unspecified atom stereocenters. The Bertz CT molecular complexity index is 1060. The molecule has 0 saturated heterocycles. The molecule has 0 radical (unpaired) electrons. The maximum Gasteiger partial charge on any atom is 0.433 e. The second kappa shape index (κ2) is 8.27. The van der Waals surface area contributed by atoms with Gasteiger partial charge in [0.05, 0.1) is 25.0 Å². The second-order valence-corrected chi connectivity index (χ2v) is 5.90. The first-order chi connectivity index (χ1) is 13.8. The van der Waals surface area contributed by atoms with Gasteiger partial charge in [-0.25, -0.2) is 9.36 Å². The van der Waals surface area contributed by atoms with Crippen LogP contribution in [0.25, 0.3) is 5.69 Å². The largest absolute Gasteiger partial charge is 0.433 e. The number of rotatable bonds is 6. The summed E-state index contributed by atoms with van der Waals surface area (Å²) in [4.78, 5) is 24.1. The van der Waals surface area contributed by atoms with Crippen molar-refractivity contribution in [1.82, 2.24) is 19.6 Å². The Morgan fingerprint density at radius 3 is 2.52 bits per heavy atom. The highest BCUT2D eigenvalue weighted by atomic mass is 19.4. The average Bonchev–Trinajstić information content (AvgIpc) is 3.18. The molecular formula is C18H16F3N5O3. The lowest BCUT2D eigenvalue weighted by atomic mass is 10.2. The van der Waals surface area contributed by atoms with Crippen molar-refractivity contribution in [1.29, 1.82) is 0 Å². The van der Waals surface area contributed by atoms with Gasteiger partial charge in [-0.2, -0.15) is 23.4 Å². The zero-order chi connectivity index (χ0) is 21.0. The number of amides is 1. The van der Waals surface area contributed by atoms with Gasteiger partial charge >= 0.3 is 6.18 Å². The summed E-state index contributed by atoms with van der Waals surface area (Å²) in [5, 5.41) is 10.2.